The summed E-state index contributed by atoms with van der Waals surface area (Å²) in [6, 6.07) is 14.8. The molecule has 77 heavy (non-hydrogen) atoms. The monoisotopic (exact) mass is 1150 g/mol. The van der Waals surface area contributed by atoms with Crippen LogP contribution in [-0.2, 0) is 68.7 Å². The van der Waals surface area contributed by atoms with E-state index < -0.39 is 89.7 Å². The molecular formula is C43H38N12NaO17S4+. The standard InChI is InChI=1S/C43H38N12O17S4.Na/c1-52-19-25(13-31(52)39(56)44-23-7-5-21-9-27(73(61,62)63)15-35(29(21)11-23)75(67,68)69)46-41(58)33-17-37(50-54(33)3)48-43(60)49-38-18-34(55(4)51-38)42(59)47-26-14-32(53(2)20-26)40(57)45-24-8-6-22-10-28(74(64,65)66)16-36(30(22)12-24)76(70,71)72;/h5-20H,1-4H3,(H,44,56)(H,45,57)(H,46,58)(H,47,59)(H,61,62,63)(H,64,65,66)(H,67,68,69)(H,70,71,72)(H2,48,49,50,51,60);/q;+1. The van der Waals surface area contributed by atoms with E-state index in [-0.39, 0.29) is 108 Å². The molecule has 396 valence electrons. The van der Waals surface area contributed by atoms with E-state index in [1.807, 2.05) is 0 Å². The van der Waals surface area contributed by atoms with Crippen LogP contribution in [0.1, 0.15) is 42.0 Å². The summed E-state index contributed by atoms with van der Waals surface area (Å²) in [5.41, 5.74) is 0.278. The number of aromatic nitrogens is 6. The maximum Gasteiger partial charge on any atom is 1.00 e. The number of anilines is 6. The van der Waals surface area contributed by atoms with Crippen LogP contribution in [0.3, 0.4) is 0 Å². The maximum absolute atomic E-state index is 13.4. The van der Waals surface area contributed by atoms with Crippen LogP contribution in [0.25, 0.3) is 21.5 Å². The molecule has 0 fully saturated rings. The Balaban J connectivity index is 0.00000861. The Bertz CT molecular complexity index is 4030. The van der Waals surface area contributed by atoms with Gasteiger partial charge in [-0.1, -0.05) is 12.1 Å². The number of amides is 6. The molecular weight excluding hydrogens is 1110 g/mol. The summed E-state index contributed by atoms with van der Waals surface area (Å²) in [5, 5.41) is 23.2. The van der Waals surface area contributed by atoms with Crippen molar-refractivity contribution in [3.8, 4) is 0 Å². The van der Waals surface area contributed by atoms with Crippen LogP contribution in [0, 0.1) is 0 Å². The Labute approximate surface area is 456 Å². The number of carbonyl (C=O) groups is 5. The molecule has 8 rings (SSSR count). The number of hydrogen-bond acceptors (Lipinski definition) is 15. The van der Waals surface area contributed by atoms with Gasteiger partial charge in [0, 0.05) is 74.9 Å². The minimum atomic E-state index is -5.01. The average molecular weight is 1150 g/mol. The molecule has 0 aliphatic rings. The van der Waals surface area contributed by atoms with E-state index in [4.69, 9.17) is 0 Å². The molecule has 10 N–H and O–H groups in total. The third kappa shape index (κ3) is 12.6. The van der Waals surface area contributed by atoms with Crippen LogP contribution in [0.4, 0.5) is 39.2 Å². The molecule has 0 unspecified atom stereocenters. The van der Waals surface area contributed by atoms with Crippen LogP contribution in [0.15, 0.2) is 117 Å². The van der Waals surface area contributed by atoms with Crippen molar-refractivity contribution in [2.75, 3.05) is 31.9 Å². The van der Waals surface area contributed by atoms with Crippen molar-refractivity contribution >= 4 is 126 Å². The molecule has 34 heteroatoms. The van der Waals surface area contributed by atoms with Gasteiger partial charge in [0.05, 0.1) is 21.2 Å². The zero-order valence-electron chi connectivity index (χ0n) is 40.1. The van der Waals surface area contributed by atoms with Crippen molar-refractivity contribution in [2.24, 2.45) is 28.2 Å². The molecule has 0 aliphatic heterocycles. The van der Waals surface area contributed by atoms with Gasteiger partial charge in [-0.25, -0.2) is 4.79 Å². The van der Waals surface area contributed by atoms with Crippen molar-refractivity contribution in [2.45, 2.75) is 19.6 Å². The number of hydrogen-bond donors (Lipinski definition) is 10. The molecule has 0 bridgehead atoms. The molecule has 0 saturated heterocycles. The van der Waals surface area contributed by atoms with Crippen LogP contribution < -0.4 is 61.5 Å². The predicted octanol–water partition coefficient (Wildman–Crippen LogP) is 0.781. The predicted molar refractivity (Wildman–Crippen MR) is 269 cm³/mol. The van der Waals surface area contributed by atoms with Gasteiger partial charge in [0.1, 0.15) is 32.6 Å². The second-order valence-electron chi connectivity index (χ2n) is 16.5. The van der Waals surface area contributed by atoms with Crippen molar-refractivity contribution in [1.29, 1.82) is 0 Å². The topological polar surface area (TPSA) is 421 Å². The third-order valence-corrected chi connectivity index (χ3v) is 14.6. The van der Waals surface area contributed by atoms with E-state index in [9.17, 15) is 75.9 Å². The summed E-state index contributed by atoms with van der Waals surface area (Å²) >= 11 is 0. The largest absolute Gasteiger partial charge is 1.00 e. The molecule has 0 radical (unpaired) electrons. The molecule has 29 nitrogen and oxygen atoms in total. The van der Waals surface area contributed by atoms with E-state index in [1.165, 1.54) is 110 Å². The van der Waals surface area contributed by atoms with Gasteiger partial charge in [-0.05, 0) is 71.4 Å². The van der Waals surface area contributed by atoms with E-state index in [0.717, 1.165) is 21.5 Å². The number of benzene rings is 4. The van der Waals surface area contributed by atoms with Gasteiger partial charge < -0.3 is 30.4 Å². The molecule has 4 aromatic heterocycles. The van der Waals surface area contributed by atoms with E-state index in [2.05, 4.69) is 42.1 Å². The molecule has 4 heterocycles. The zero-order chi connectivity index (χ0) is 55.6. The molecule has 4 aromatic carbocycles. The Hall–Kier alpha value is -7.83. The van der Waals surface area contributed by atoms with Gasteiger partial charge in [0.25, 0.3) is 64.1 Å². The van der Waals surface area contributed by atoms with Gasteiger partial charge in [0.15, 0.2) is 11.6 Å². The van der Waals surface area contributed by atoms with Crippen LogP contribution in [0.2, 0.25) is 0 Å². The van der Waals surface area contributed by atoms with Gasteiger partial charge in [-0.15, -0.1) is 0 Å². The first-order valence-corrected chi connectivity index (χ1v) is 26.9. The van der Waals surface area contributed by atoms with Crippen molar-refractivity contribution in [3.05, 3.63) is 120 Å². The quantitative estimate of drug-likeness (QED) is 0.0531. The SMILES string of the molecule is Cn1cc(NC(=O)c2cc(NC(=O)Nc3cc(C(=O)Nc4cc(C(=O)Nc5ccc6cc(S(=O)(=O)O)cc(S(=O)(=O)O)c6c5)n(C)c4)n(C)n3)nn2C)cc1C(=O)Nc1ccc2cc(S(=O)(=O)O)cc(S(=O)(=O)O)c2c1.[Na+]. The first-order valence-electron chi connectivity index (χ1n) is 21.1. The molecule has 0 saturated carbocycles. The minimum Gasteiger partial charge on any atom is -0.344 e. The summed E-state index contributed by atoms with van der Waals surface area (Å²) in [6.07, 6.45) is 2.81. The van der Waals surface area contributed by atoms with E-state index in [1.54, 1.807) is 0 Å². The van der Waals surface area contributed by atoms with Crippen molar-refractivity contribution < 1.29 is 105 Å². The van der Waals surface area contributed by atoms with Crippen molar-refractivity contribution in [3.63, 3.8) is 0 Å². The number of fused-ring (bicyclic) bond motifs is 2. The van der Waals surface area contributed by atoms with Crippen LogP contribution in [0.5, 0.6) is 0 Å². The number of aryl methyl sites for hydroxylation is 4. The fourth-order valence-corrected chi connectivity index (χ4v) is 10.4. The Morgan fingerprint density at radius 2 is 0.753 bits per heavy atom. The van der Waals surface area contributed by atoms with Crippen molar-refractivity contribution in [1.82, 2.24) is 28.7 Å². The Morgan fingerprint density at radius 3 is 1.09 bits per heavy atom. The molecule has 0 atom stereocenters. The Morgan fingerprint density at radius 1 is 0.416 bits per heavy atom. The summed E-state index contributed by atoms with van der Waals surface area (Å²) in [6.45, 7) is 0. The second-order valence-corrected chi connectivity index (χ2v) is 22.2. The summed E-state index contributed by atoms with van der Waals surface area (Å²) in [7, 11) is -13.9. The fraction of sp³-hybridized carbons (Fsp3) is 0.0930. The zero-order valence-corrected chi connectivity index (χ0v) is 45.4. The number of nitrogens with zero attached hydrogens (tertiary/aromatic N) is 6. The smallest absolute Gasteiger partial charge is 0.344 e. The second kappa shape index (κ2) is 20.9. The van der Waals surface area contributed by atoms with Crippen LogP contribution >= 0.6 is 0 Å². The van der Waals surface area contributed by atoms with Gasteiger partial charge in [-0.3, -0.25) is 57.4 Å². The fourth-order valence-electron chi connectivity index (χ4n) is 7.72. The number of urea groups is 1. The summed E-state index contributed by atoms with van der Waals surface area (Å²) < 4.78 is 139. The number of rotatable bonds is 14. The Kier molecular flexibility index (Phi) is 15.5. The molecule has 6 amide bonds. The maximum atomic E-state index is 13.4. The summed E-state index contributed by atoms with van der Waals surface area (Å²) in [5.74, 6) is -3.06. The molecule has 8 aromatic rings. The van der Waals surface area contributed by atoms with Gasteiger partial charge in [-0.2, -0.15) is 43.9 Å². The van der Waals surface area contributed by atoms with E-state index >= 15 is 0 Å². The minimum absolute atomic E-state index is 0. The third-order valence-electron chi connectivity index (χ3n) is 11.1. The normalized spacial score (nSPS) is 11.9. The first-order chi connectivity index (χ1) is 35.3. The van der Waals surface area contributed by atoms with Gasteiger partial charge in [0.2, 0.25) is 0 Å². The van der Waals surface area contributed by atoms with E-state index in [0.29, 0.717) is 12.1 Å². The number of nitrogens with one attached hydrogen (secondary N) is 6. The number of carbonyl (C=O) groups excluding carboxylic acids is 5. The molecule has 0 spiro atoms. The first kappa shape index (κ1) is 56.9. The van der Waals surface area contributed by atoms with Gasteiger partial charge >= 0.3 is 35.6 Å². The summed E-state index contributed by atoms with van der Waals surface area (Å²) in [4.78, 5) is 63.1. The molecule has 0 aliphatic carbocycles. The average Bonchev–Trinajstić information content (AvgIpc) is 4.08. The van der Waals surface area contributed by atoms with Crippen LogP contribution in [-0.4, -0.2) is 110 Å².